The van der Waals surface area contributed by atoms with Gasteiger partial charge in [0, 0.05) is 5.56 Å². The number of Topliss-reactive ketones (excluding diaryl/α,β-unsaturated/α-hetero) is 1. The fraction of sp³-hybridized carbons (Fsp3) is 0.250. The molecule has 0 bridgehead atoms. The average molecular weight is 367 g/mol. The van der Waals surface area contributed by atoms with Crippen molar-refractivity contribution in [3.63, 3.8) is 0 Å². The molecule has 0 aliphatic carbocycles. The van der Waals surface area contributed by atoms with Crippen molar-refractivity contribution in [2.45, 2.75) is 32.9 Å². The fourth-order valence-electron chi connectivity index (χ4n) is 2.57. The van der Waals surface area contributed by atoms with E-state index in [1.54, 1.807) is 6.08 Å². The van der Waals surface area contributed by atoms with Crippen molar-refractivity contribution >= 4 is 29.7 Å². The molecule has 3 aromatic rings. The number of furan rings is 1. The lowest BCUT2D eigenvalue weighted by Gasteiger charge is -2.08. The van der Waals surface area contributed by atoms with Crippen LogP contribution in [0.5, 0.6) is 0 Å². The number of rotatable bonds is 6. The van der Waals surface area contributed by atoms with E-state index in [0.29, 0.717) is 16.7 Å². The Morgan fingerprint density at radius 3 is 2.62 bits per heavy atom. The Bertz CT molecular complexity index is 969. The minimum atomic E-state index is 0.0866. The number of nitrogens with one attached hydrogen (secondary N) is 1. The summed E-state index contributed by atoms with van der Waals surface area (Å²) in [6.45, 7) is 7.94. The van der Waals surface area contributed by atoms with Gasteiger partial charge in [0.2, 0.25) is 5.16 Å². The van der Waals surface area contributed by atoms with Gasteiger partial charge in [-0.2, -0.15) is 0 Å². The fourth-order valence-corrected chi connectivity index (χ4v) is 3.26. The molecule has 5 nitrogen and oxygen atoms in total. The van der Waals surface area contributed by atoms with Crippen molar-refractivity contribution < 1.29 is 9.21 Å². The lowest BCUT2D eigenvalue weighted by atomic mass is 9.99. The number of aromatic amines is 1. The summed E-state index contributed by atoms with van der Waals surface area (Å²) in [4.78, 5) is 16.9. The molecule has 2 aromatic heterocycles. The van der Waals surface area contributed by atoms with E-state index in [1.807, 2.05) is 45.0 Å². The molecule has 3 rings (SSSR count). The first kappa shape index (κ1) is 18.2. The normalized spacial score (nSPS) is 11.4. The Labute approximate surface area is 156 Å². The standard InChI is InChI=1S/C20H21N3O2S/c1-12-9-14(3)17(10-13(12)2)18(24)11-26-20-21-19(22-23-20)8-7-16-6-5-15(4)25-16/h5-10H,11H2,1-4H3,(H,21,22,23)/b8-7+. The van der Waals surface area contributed by atoms with Gasteiger partial charge >= 0.3 is 0 Å². The number of hydrogen-bond acceptors (Lipinski definition) is 5. The Hall–Kier alpha value is -2.60. The summed E-state index contributed by atoms with van der Waals surface area (Å²) in [5, 5.41) is 7.55. The minimum Gasteiger partial charge on any atom is -0.462 e. The number of benzene rings is 1. The van der Waals surface area contributed by atoms with E-state index in [0.717, 1.165) is 28.2 Å². The third-order valence-electron chi connectivity index (χ3n) is 4.12. The van der Waals surface area contributed by atoms with Crippen molar-refractivity contribution in [1.29, 1.82) is 0 Å². The van der Waals surface area contributed by atoms with Gasteiger partial charge in [0.05, 0.1) is 5.75 Å². The number of nitrogens with zero attached hydrogens (tertiary/aromatic N) is 2. The molecule has 0 spiro atoms. The molecule has 0 atom stereocenters. The van der Waals surface area contributed by atoms with Gasteiger partial charge in [0.25, 0.3) is 0 Å². The summed E-state index contributed by atoms with van der Waals surface area (Å²) in [6, 6.07) is 7.81. The molecule has 6 heteroatoms. The third kappa shape index (κ3) is 4.32. The highest BCUT2D eigenvalue weighted by atomic mass is 32.2. The van der Waals surface area contributed by atoms with Crippen LogP contribution in [0.2, 0.25) is 0 Å². The van der Waals surface area contributed by atoms with Gasteiger partial charge in [0.15, 0.2) is 5.78 Å². The Kier molecular flexibility index (Phi) is 5.42. The number of hydrogen-bond donors (Lipinski definition) is 1. The molecule has 0 aliphatic rings. The van der Waals surface area contributed by atoms with Crippen LogP contribution >= 0.6 is 11.8 Å². The van der Waals surface area contributed by atoms with Gasteiger partial charge in [-0.05, 0) is 74.7 Å². The predicted molar refractivity (Wildman–Crippen MR) is 104 cm³/mol. The molecular weight excluding hydrogens is 346 g/mol. The Morgan fingerprint density at radius 1 is 1.12 bits per heavy atom. The van der Waals surface area contributed by atoms with E-state index in [-0.39, 0.29) is 5.78 Å². The highest BCUT2D eigenvalue weighted by Crippen LogP contribution is 2.20. The van der Waals surface area contributed by atoms with Crippen LogP contribution < -0.4 is 0 Å². The molecule has 0 amide bonds. The van der Waals surface area contributed by atoms with Crippen LogP contribution in [0.15, 0.2) is 33.8 Å². The monoisotopic (exact) mass is 367 g/mol. The van der Waals surface area contributed by atoms with E-state index in [1.165, 1.54) is 17.3 Å². The molecule has 1 aromatic carbocycles. The second kappa shape index (κ2) is 7.74. The molecule has 0 fully saturated rings. The van der Waals surface area contributed by atoms with Gasteiger partial charge in [-0.1, -0.05) is 17.8 Å². The van der Waals surface area contributed by atoms with Crippen LogP contribution in [0.3, 0.4) is 0 Å². The van der Waals surface area contributed by atoms with Crippen LogP contribution in [-0.2, 0) is 0 Å². The van der Waals surface area contributed by atoms with E-state index in [9.17, 15) is 4.79 Å². The zero-order valence-corrected chi connectivity index (χ0v) is 16.1. The summed E-state index contributed by atoms with van der Waals surface area (Å²) in [5.74, 6) is 2.63. The quantitative estimate of drug-likeness (QED) is 0.501. The summed E-state index contributed by atoms with van der Waals surface area (Å²) in [5.41, 5.74) is 4.10. The topological polar surface area (TPSA) is 71.8 Å². The Balaban J connectivity index is 1.62. The third-order valence-corrected chi connectivity index (χ3v) is 4.97. The number of carbonyl (C=O) groups excluding carboxylic acids is 1. The first-order chi connectivity index (χ1) is 12.4. The molecule has 26 heavy (non-hydrogen) atoms. The molecule has 0 aliphatic heterocycles. The van der Waals surface area contributed by atoms with E-state index in [2.05, 4.69) is 28.2 Å². The number of aryl methyl sites for hydroxylation is 4. The van der Waals surface area contributed by atoms with E-state index < -0.39 is 0 Å². The van der Waals surface area contributed by atoms with Crippen LogP contribution in [0.25, 0.3) is 12.2 Å². The van der Waals surface area contributed by atoms with E-state index >= 15 is 0 Å². The van der Waals surface area contributed by atoms with Crippen molar-refractivity contribution in [3.05, 3.63) is 63.9 Å². The van der Waals surface area contributed by atoms with E-state index in [4.69, 9.17) is 4.42 Å². The maximum atomic E-state index is 12.5. The molecule has 1 N–H and O–H groups in total. The van der Waals surface area contributed by atoms with Gasteiger partial charge < -0.3 is 4.42 Å². The van der Waals surface area contributed by atoms with Gasteiger partial charge in [0.1, 0.15) is 17.3 Å². The maximum absolute atomic E-state index is 12.5. The summed E-state index contributed by atoms with van der Waals surface area (Å²) < 4.78 is 5.47. The molecule has 0 radical (unpaired) electrons. The van der Waals surface area contributed by atoms with Gasteiger partial charge in [-0.25, -0.2) is 4.98 Å². The van der Waals surface area contributed by atoms with Gasteiger partial charge in [-0.3, -0.25) is 9.89 Å². The number of carbonyl (C=O) groups is 1. The highest BCUT2D eigenvalue weighted by Gasteiger charge is 2.13. The summed E-state index contributed by atoms with van der Waals surface area (Å²) in [6.07, 6.45) is 3.62. The van der Waals surface area contributed by atoms with Crippen molar-refractivity contribution in [3.8, 4) is 0 Å². The number of aromatic nitrogens is 3. The number of H-pyrrole nitrogens is 1. The summed E-state index contributed by atoms with van der Waals surface area (Å²) >= 11 is 1.33. The lowest BCUT2D eigenvalue weighted by molar-refractivity contribution is 0.102. The highest BCUT2D eigenvalue weighted by molar-refractivity contribution is 7.99. The first-order valence-electron chi connectivity index (χ1n) is 8.33. The number of ketones is 1. The minimum absolute atomic E-state index is 0.0866. The molecule has 134 valence electrons. The van der Waals surface area contributed by atoms with Crippen molar-refractivity contribution in [2.24, 2.45) is 0 Å². The molecular formula is C20H21N3O2S. The largest absolute Gasteiger partial charge is 0.462 e. The zero-order valence-electron chi connectivity index (χ0n) is 15.3. The first-order valence-corrected chi connectivity index (χ1v) is 9.31. The SMILES string of the molecule is Cc1ccc(/C=C/c2nc(SCC(=O)c3cc(C)c(C)cc3C)n[nH]2)o1. The molecule has 0 saturated carbocycles. The molecule has 0 unspecified atom stereocenters. The Morgan fingerprint density at radius 2 is 1.88 bits per heavy atom. The number of thioether (sulfide) groups is 1. The van der Waals surface area contributed by atoms with Crippen molar-refractivity contribution in [2.75, 3.05) is 5.75 Å². The van der Waals surface area contributed by atoms with Crippen LogP contribution in [0.4, 0.5) is 0 Å². The smallest absolute Gasteiger partial charge is 0.209 e. The lowest BCUT2D eigenvalue weighted by Crippen LogP contribution is -2.06. The summed E-state index contributed by atoms with van der Waals surface area (Å²) in [7, 11) is 0. The second-order valence-electron chi connectivity index (χ2n) is 6.25. The zero-order chi connectivity index (χ0) is 18.7. The molecule has 0 saturated heterocycles. The average Bonchev–Trinajstić information content (AvgIpc) is 3.23. The van der Waals surface area contributed by atoms with Gasteiger partial charge in [-0.15, -0.1) is 5.10 Å². The maximum Gasteiger partial charge on any atom is 0.209 e. The second-order valence-corrected chi connectivity index (χ2v) is 7.19. The van der Waals surface area contributed by atoms with Crippen molar-refractivity contribution in [1.82, 2.24) is 15.2 Å². The van der Waals surface area contributed by atoms with Crippen LogP contribution in [-0.4, -0.2) is 26.7 Å². The molecule has 2 heterocycles. The van der Waals surface area contributed by atoms with Crippen LogP contribution in [0, 0.1) is 27.7 Å². The predicted octanol–water partition coefficient (Wildman–Crippen LogP) is 4.78. The van der Waals surface area contributed by atoms with Crippen LogP contribution in [0.1, 0.15) is 44.4 Å².